The SMILES string of the molecule is CN(C)S(=O)(=O)c1ccc(-c2ccc([C@H]3Nc4ccccc4C(=O)N3C[C@@H]3CCCO3)o2)cc1. The summed E-state index contributed by atoms with van der Waals surface area (Å²) in [4.78, 5) is 15.4. The lowest BCUT2D eigenvalue weighted by molar-refractivity contribution is 0.0403. The number of hydrogen-bond donors (Lipinski definition) is 1. The van der Waals surface area contributed by atoms with E-state index in [2.05, 4.69) is 5.32 Å². The van der Waals surface area contributed by atoms with Gasteiger partial charge >= 0.3 is 0 Å². The molecule has 2 aliphatic heterocycles. The van der Waals surface area contributed by atoms with Crippen molar-refractivity contribution in [1.29, 1.82) is 0 Å². The molecule has 1 saturated heterocycles. The first-order valence-corrected chi connectivity index (χ1v) is 12.7. The highest BCUT2D eigenvalue weighted by molar-refractivity contribution is 7.89. The van der Waals surface area contributed by atoms with Gasteiger partial charge in [-0.3, -0.25) is 4.79 Å². The van der Waals surface area contributed by atoms with Gasteiger partial charge in [0.05, 0.1) is 16.6 Å². The summed E-state index contributed by atoms with van der Waals surface area (Å²) < 4.78 is 37.9. The Morgan fingerprint density at radius 1 is 1.06 bits per heavy atom. The standard InChI is InChI=1S/C25H27N3O5S/c1-27(2)34(30,31)19-11-9-17(10-12-19)22-13-14-23(33-22)24-26-21-8-4-3-7-20(21)25(29)28(24)16-18-6-5-15-32-18/h3-4,7-14,18,24,26H,5-6,15-16H2,1-2H3/t18-,24-/m0/s1. The van der Waals surface area contributed by atoms with Gasteiger partial charge in [0.2, 0.25) is 10.0 Å². The highest BCUT2D eigenvalue weighted by atomic mass is 32.2. The second kappa shape index (κ2) is 8.90. The molecule has 1 aromatic heterocycles. The summed E-state index contributed by atoms with van der Waals surface area (Å²) >= 11 is 0. The van der Waals surface area contributed by atoms with Gasteiger partial charge in [-0.2, -0.15) is 0 Å². The Balaban J connectivity index is 1.45. The van der Waals surface area contributed by atoms with Crippen LogP contribution in [0.5, 0.6) is 0 Å². The van der Waals surface area contributed by atoms with Gasteiger partial charge < -0.3 is 19.4 Å². The average Bonchev–Trinajstić information content (AvgIpc) is 3.53. The van der Waals surface area contributed by atoms with Gasteiger partial charge in [-0.1, -0.05) is 12.1 Å². The number of ether oxygens (including phenoxy) is 1. The Bertz CT molecular complexity index is 1290. The van der Waals surface area contributed by atoms with Crippen molar-refractivity contribution in [2.45, 2.75) is 30.0 Å². The van der Waals surface area contributed by atoms with Crippen molar-refractivity contribution >= 4 is 21.6 Å². The maximum Gasteiger partial charge on any atom is 0.258 e. The van der Waals surface area contributed by atoms with E-state index in [0.29, 0.717) is 30.2 Å². The number of rotatable bonds is 6. The molecular weight excluding hydrogens is 454 g/mol. The van der Waals surface area contributed by atoms with Crippen LogP contribution in [0.1, 0.15) is 35.1 Å². The summed E-state index contributed by atoms with van der Waals surface area (Å²) in [7, 11) is -0.502. The van der Waals surface area contributed by atoms with Crippen LogP contribution >= 0.6 is 0 Å². The van der Waals surface area contributed by atoms with Crippen molar-refractivity contribution in [3.8, 4) is 11.3 Å². The monoisotopic (exact) mass is 481 g/mol. The Morgan fingerprint density at radius 3 is 2.53 bits per heavy atom. The molecule has 0 spiro atoms. The van der Waals surface area contributed by atoms with Gasteiger partial charge in [-0.05, 0) is 61.4 Å². The predicted molar refractivity (Wildman–Crippen MR) is 128 cm³/mol. The van der Waals surface area contributed by atoms with Gasteiger partial charge in [-0.15, -0.1) is 0 Å². The summed E-state index contributed by atoms with van der Waals surface area (Å²) in [5.41, 5.74) is 2.13. The number of para-hydroxylation sites is 1. The zero-order valence-corrected chi connectivity index (χ0v) is 19.9. The summed E-state index contributed by atoms with van der Waals surface area (Å²) in [5.74, 6) is 1.13. The third kappa shape index (κ3) is 4.11. The molecule has 2 aliphatic rings. The molecule has 0 radical (unpaired) electrons. The lowest BCUT2D eigenvalue weighted by atomic mass is 10.1. The van der Waals surface area contributed by atoms with Crippen LogP contribution in [0.4, 0.5) is 5.69 Å². The van der Waals surface area contributed by atoms with E-state index in [4.69, 9.17) is 9.15 Å². The van der Waals surface area contributed by atoms with Crippen LogP contribution in [0.2, 0.25) is 0 Å². The zero-order chi connectivity index (χ0) is 23.9. The molecule has 2 atom stereocenters. The van der Waals surface area contributed by atoms with Crippen LogP contribution < -0.4 is 5.32 Å². The first kappa shape index (κ1) is 22.6. The molecule has 0 saturated carbocycles. The van der Waals surface area contributed by atoms with E-state index in [1.54, 1.807) is 29.2 Å². The maximum absolute atomic E-state index is 13.4. The average molecular weight is 482 g/mol. The van der Waals surface area contributed by atoms with Crippen molar-refractivity contribution in [2.75, 3.05) is 32.6 Å². The smallest absolute Gasteiger partial charge is 0.258 e. The molecule has 1 N–H and O–H groups in total. The van der Waals surface area contributed by atoms with Crippen LogP contribution in [0.25, 0.3) is 11.3 Å². The molecule has 1 fully saturated rings. The molecular formula is C25H27N3O5S. The van der Waals surface area contributed by atoms with Crippen molar-refractivity contribution in [3.63, 3.8) is 0 Å². The van der Waals surface area contributed by atoms with Crippen LogP contribution in [0, 0.1) is 0 Å². The summed E-state index contributed by atoms with van der Waals surface area (Å²) in [6.07, 6.45) is 1.43. The first-order chi connectivity index (χ1) is 16.3. The second-order valence-electron chi connectivity index (χ2n) is 8.70. The number of benzene rings is 2. The van der Waals surface area contributed by atoms with E-state index in [9.17, 15) is 13.2 Å². The molecule has 5 rings (SSSR count). The third-order valence-electron chi connectivity index (χ3n) is 6.26. The van der Waals surface area contributed by atoms with E-state index >= 15 is 0 Å². The van der Waals surface area contributed by atoms with Gasteiger partial charge in [0.1, 0.15) is 11.5 Å². The second-order valence-corrected chi connectivity index (χ2v) is 10.9. The lowest BCUT2D eigenvalue weighted by Crippen LogP contribution is -2.46. The number of nitrogens with one attached hydrogen (secondary N) is 1. The quantitative estimate of drug-likeness (QED) is 0.573. The van der Waals surface area contributed by atoms with Crippen molar-refractivity contribution in [1.82, 2.24) is 9.21 Å². The zero-order valence-electron chi connectivity index (χ0n) is 19.1. The molecule has 0 aliphatic carbocycles. The number of sulfonamides is 1. The van der Waals surface area contributed by atoms with Gasteiger partial charge in [0.15, 0.2) is 6.17 Å². The number of carbonyl (C=O) groups is 1. The topological polar surface area (TPSA) is 92.1 Å². The molecule has 0 bridgehead atoms. The number of amides is 1. The molecule has 178 valence electrons. The number of furan rings is 1. The molecule has 9 heteroatoms. The van der Waals surface area contributed by atoms with Crippen LogP contribution in [-0.2, 0) is 14.8 Å². The molecule has 0 unspecified atom stereocenters. The highest BCUT2D eigenvalue weighted by Gasteiger charge is 2.36. The van der Waals surface area contributed by atoms with E-state index in [1.165, 1.54) is 18.4 Å². The molecule has 1 amide bonds. The van der Waals surface area contributed by atoms with Gasteiger partial charge in [-0.25, -0.2) is 12.7 Å². The fourth-order valence-corrected chi connectivity index (χ4v) is 5.27. The van der Waals surface area contributed by atoms with Crippen LogP contribution in [0.3, 0.4) is 0 Å². The minimum atomic E-state index is -3.50. The first-order valence-electron chi connectivity index (χ1n) is 11.3. The van der Waals surface area contributed by atoms with E-state index < -0.39 is 16.2 Å². The fourth-order valence-electron chi connectivity index (χ4n) is 4.37. The van der Waals surface area contributed by atoms with Gasteiger partial charge in [0, 0.05) is 38.5 Å². The van der Waals surface area contributed by atoms with Crippen LogP contribution in [0.15, 0.2) is 70.0 Å². The van der Waals surface area contributed by atoms with Gasteiger partial charge in [0.25, 0.3) is 5.91 Å². The Labute approximate surface area is 199 Å². The van der Waals surface area contributed by atoms with Crippen molar-refractivity contribution < 1.29 is 22.4 Å². The number of anilines is 1. The normalized spacial score (nSPS) is 20.4. The van der Waals surface area contributed by atoms with Crippen molar-refractivity contribution in [3.05, 3.63) is 72.0 Å². The lowest BCUT2D eigenvalue weighted by Gasteiger charge is -2.37. The van der Waals surface area contributed by atoms with Crippen molar-refractivity contribution in [2.24, 2.45) is 0 Å². The summed E-state index contributed by atoms with van der Waals surface area (Å²) in [6.45, 7) is 1.18. The Hall–Kier alpha value is -3.14. The van der Waals surface area contributed by atoms with E-state index in [0.717, 1.165) is 24.1 Å². The summed E-state index contributed by atoms with van der Waals surface area (Å²) in [6, 6.07) is 17.7. The number of nitrogens with zero attached hydrogens (tertiary/aromatic N) is 2. The molecule has 3 aromatic rings. The number of carbonyl (C=O) groups excluding carboxylic acids is 1. The molecule has 2 aromatic carbocycles. The molecule has 8 nitrogen and oxygen atoms in total. The maximum atomic E-state index is 13.4. The Morgan fingerprint density at radius 2 is 1.82 bits per heavy atom. The minimum Gasteiger partial charge on any atom is -0.457 e. The predicted octanol–water partition coefficient (Wildman–Crippen LogP) is 3.94. The van der Waals surface area contributed by atoms with E-state index in [-0.39, 0.29) is 16.9 Å². The van der Waals surface area contributed by atoms with E-state index in [1.807, 2.05) is 36.4 Å². The third-order valence-corrected chi connectivity index (χ3v) is 8.09. The molecule has 34 heavy (non-hydrogen) atoms. The van der Waals surface area contributed by atoms with Crippen LogP contribution in [-0.4, -0.2) is 56.9 Å². The molecule has 3 heterocycles. The number of fused-ring (bicyclic) bond motifs is 1. The fraction of sp³-hybridized carbons (Fsp3) is 0.320. The number of hydrogen-bond acceptors (Lipinski definition) is 6. The largest absolute Gasteiger partial charge is 0.457 e. The minimum absolute atomic E-state index is 0.000801. The Kier molecular flexibility index (Phi) is 5.93. The highest BCUT2D eigenvalue weighted by Crippen LogP contribution is 2.36. The summed E-state index contributed by atoms with van der Waals surface area (Å²) in [5, 5.41) is 3.44.